The lowest BCUT2D eigenvalue weighted by Gasteiger charge is -2.26. The lowest BCUT2D eigenvalue weighted by molar-refractivity contribution is -0.870. The van der Waals surface area contributed by atoms with Gasteiger partial charge in [-0.1, -0.05) is 292 Å². The fourth-order valence-corrected chi connectivity index (χ4v) is 9.43. The zero-order chi connectivity index (χ0) is 57.6. The second-order valence-electron chi connectivity index (χ2n) is 23.4. The number of carbonyl (C=O) groups is 3. The first-order valence-electron chi connectivity index (χ1n) is 33.1. The molecule has 0 spiro atoms. The molecule has 0 bridgehead atoms. The van der Waals surface area contributed by atoms with Crippen molar-refractivity contribution in [3.05, 3.63) is 72.9 Å². The molecule has 0 amide bonds. The molecule has 9 nitrogen and oxygen atoms in total. The topological polar surface area (TPSA) is 111 Å². The molecular weight excluding hydrogens is 983 g/mol. The van der Waals surface area contributed by atoms with E-state index in [4.69, 9.17) is 18.9 Å². The van der Waals surface area contributed by atoms with Crippen molar-refractivity contribution in [3.8, 4) is 0 Å². The second-order valence-corrected chi connectivity index (χ2v) is 23.4. The molecule has 0 aliphatic rings. The number of aliphatic carboxylic acids is 1. The summed E-state index contributed by atoms with van der Waals surface area (Å²) in [4.78, 5) is 37.4. The Hall–Kier alpha value is -3.27. The van der Waals surface area contributed by atoms with E-state index in [0.29, 0.717) is 23.9 Å². The maximum absolute atomic E-state index is 12.9. The highest BCUT2D eigenvalue weighted by atomic mass is 16.7. The van der Waals surface area contributed by atoms with Crippen LogP contribution in [0, 0.1) is 0 Å². The molecule has 0 aromatic rings. The number of quaternary nitrogens is 1. The quantitative estimate of drug-likeness (QED) is 0.0195. The Morgan fingerprint density at radius 2 is 0.722 bits per heavy atom. The Bertz CT molecular complexity index is 1520. The third-order valence-corrected chi connectivity index (χ3v) is 14.5. The van der Waals surface area contributed by atoms with Gasteiger partial charge in [0, 0.05) is 12.8 Å². The van der Waals surface area contributed by atoms with Crippen LogP contribution in [0.15, 0.2) is 72.9 Å². The van der Waals surface area contributed by atoms with E-state index in [1.807, 2.05) is 21.1 Å². The second kappa shape index (κ2) is 60.8. The summed E-state index contributed by atoms with van der Waals surface area (Å²) in [5, 5.41) is 11.8. The van der Waals surface area contributed by atoms with E-state index in [1.54, 1.807) is 0 Å². The van der Waals surface area contributed by atoms with Crippen molar-refractivity contribution in [2.24, 2.45) is 0 Å². The summed E-state index contributed by atoms with van der Waals surface area (Å²) in [6, 6.07) is 0. The number of carboxylic acid groups (broad SMARTS) is 1. The SMILES string of the molecule is CC/C=C\C/C=C\C/C=C\C/C=C\C/C=C\C/C=C\CCCCCCCCCCCCCCCCC(=O)OC(COC(=O)CCCCCCCCCCCCCCCCCCCCCCC)COC(OCC[N+](C)(C)C)C(=O)[O-]. The van der Waals surface area contributed by atoms with Crippen LogP contribution in [0.5, 0.6) is 0 Å². The van der Waals surface area contributed by atoms with E-state index in [0.717, 1.165) is 77.0 Å². The van der Waals surface area contributed by atoms with Gasteiger partial charge in [0.05, 0.1) is 40.3 Å². The Balaban J connectivity index is 4.12. The van der Waals surface area contributed by atoms with E-state index < -0.39 is 24.3 Å². The number of hydrogen-bond acceptors (Lipinski definition) is 8. The molecular formula is C70H125NO8. The van der Waals surface area contributed by atoms with Gasteiger partial charge < -0.3 is 33.3 Å². The Kier molecular flexibility index (Phi) is 58.3. The highest BCUT2D eigenvalue weighted by Crippen LogP contribution is 2.18. The van der Waals surface area contributed by atoms with Crippen LogP contribution >= 0.6 is 0 Å². The summed E-state index contributed by atoms with van der Waals surface area (Å²) in [7, 11) is 5.93. The molecule has 0 rings (SSSR count). The minimum atomic E-state index is -1.62. The molecule has 0 aliphatic carbocycles. The van der Waals surface area contributed by atoms with Gasteiger partial charge in [0.2, 0.25) is 0 Å². The van der Waals surface area contributed by atoms with Crippen molar-refractivity contribution < 1.29 is 42.9 Å². The molecule has 0 aliphatic heterocycles. The monoisotopic (exact) mass is 1110 g/mol. The van der Waals surface area contributed by atoms with Crippen molar-refractivity contribution >= 4 is 17.9 Å². The van der Waals surface area contributed by atoms with E-state index in [9.17, 15) is 19.5 Å². The Morgan fingerprint density at radius 1 is 0.392 bits per heavy atom. The van der Waals surface area contributed by atoms with Gasteiger partial charge in [-0.3, -0.25) is 9.59 Å². The van der Waals surface area contributed by atoms with Crippen LogP contribution in [0.4, 0.5) is 0 Å². The van der Waals surface area contributed by atoms with Gasteiger partial charge >= 0.3 is 11.9 Å². The predicted octanol–water partition coefficient (Wildman–Crippen LogP) is 18.8. The number of nitrogens with zero attached hydrogens (tertiary/aromatic N) is 1. The molecule has 0 fully saturated rings. The summed E-state index contributed by atoms with van der Waals surface area (Å²) >= 11 is 0. The minimum Gasteiger partial charge on any atom is -0.545 e. The summed E-state index contributed by atoms with van der Waals surface area (Å²) < 4.78 is 22.8. The van der Waals surface area contributed by atoms with E-state index in [1.165, 1.54) is 186 Å². The lowest BCUT2D eigenvalue weighted by Crippen LogP contribution is -2.44. The van der Waals surface area contributed by atoms with Crippen molar-refractivity contribution in [1.82, 2.24) is 0 Å². The van der Waals surface area contributed by atoms with Crippen LogP contribution in [-0.4, -0.2) is 82.3 Å². The van der Waals surface area contributed by atoms with Gasteiger partial charge in [-0.2, -0.15) is 0 Å². The maximum atomic E-state index is 12.9. The maximum Gasteiger partial charge on any atom is 0.306 e. The molecule has 0 N–H and O–H groups in total. The van der Waals surface area contributed by atoms with Crippen LogP contribution in [0.1, 0.15) is 296 Å². The van der Waals surface area contributed by atoms with Crippen LogP contribution < -0.4 is 5.11 Å². The molecule has 458 valence electrons. The molecule has 9 heteroatoms. The van der Waals surface area contributed by atoms with Gasteiger partial charge in [0.15, 0.2) is 12.4 Å². The third kappa shape index (κ3) is 62.2. The number of esters is 2. The minimum absolute atomic E-state index is 0.148. The number of likely N-dealkylation sites (N-methyl/N-ethyl adjacent to an activating group) is 1. The zero-order valence-electron chi connectivity index (χ0n) is 52.2. The van der Waals surface area contributed by atoms with Gasteiger partial charge in [0.1, 0.15) is 13.2 Å². The first-order chi connectivity index (χ1) is 38.6. The molecule has 2 unspecified atom stereocenters. The molecule has 0 aromatic heterocycles. The fourth-order valence-electron chi connectivity index (χ4n) is 9.43. The summed E-state index contributed by atoms with van der Waals surface area (Å²) in [6.45, 7) is 4.68. The van der Waals surface area contributed by atoms with Crippen molar-refractivity contribution in [3.63, 3.8) is 0 Å². The van der Waals surface area contributed by atoms with Gasteiger partial charge in [-0.05, 0) is 64.2 Å². The molecule has 0 saturated carbocycles. The summed E-state index contributed by atoms with van der Waals surface area (Å²) in [5.74, 6) is -2.27. The largest absolute Gasteiger partial charge is 0.545 e. The van der Waals surface area contributed by atoms with Crippen molar-refractivity contribution in [2.75, 3.05) is 47.5 Å². The Morgan fingerprint density at radius 3 is 1.08 bits per heavy atom. The van der Waals surface area contributed by atoms with Gasteiger partial charge in [-0.15, -0.1) is 0 Å². The smallest absolute Gasteiger partial charge is 0.306 e. The van der Waals surface area contributed by atoms with Crippen LogP contribution in [-0.2, 0) is 33.3 Å². The third-order valence-electron chi connectivity index (χ3n) is 14.5. The highest BCUT2D eigenvalue weighted by Gasteiger charge is 2.22. The van der Waals surface area contributed by atoms with Crippen LogP contribution in [0.2, 0.25) is 0 Å². The lowest BCUT2D eigenvalue weighted by atomic mass is 10.0. The molecule has 2 atom stereocenters. The number of ether oxygens (including phenoxy) is 4. The van der Waals surface area contributed by atoms with Gasteiger partial charge in [0.25, 0.3) is 0 Å². The standard InChI is InChI=1S/C70H125NO8/c1-6-8-10-12-14-16-18-20-22-24-26-28-29-30-31-32-33-34-35-36-37-38-39-41-43-45-47-49-51-53-55-57-59-61-68(73)79-66(65-78-70(69(74)75)76-63-62-71(3,4)5)64-77-67(72)60-58-56-54-52-50-48-46-44-42-40-27-25-23-21-19-17-15-13-11-9-7-2/h8,10,14,16,20,22,26,28,30-31,33-34,66,70H,6-7,9,11-13,15,17-19,21,23-25,27,29,32,35-65H2,1-5H3/b10-8-,16-14-,22-20-,28-26-,31-30-,34-33-. The van der Waals surface area contributed by atoms with Crippen molar-refractivity contribution in [2.45, 2.75) is 309 Å². The number of hydrogen-bond donors (Lipinski definition) is 0. The number of allylic oxidation sites excluding steroid dienone is 12. The van der Waals surface area contributed by atoms with E-state index >= 15 is 0 Å². The van der Waals surface area contributed by atoms with Crippen molar-refractivity contribution in [1.29, 1.82) is 0 Å². The Labute approximate surface area is 487 Å². The first kappa shape index (κ1) is 75.7. The number of rotatable bonds is 61. The molecule has 0 heterocycles. The molecule has 0 aromatic carbocycles. The molecule has 0 radical (unpaired) electrons. The average molecular weight is 1110 g/mol. The number of unbranched alkanes of at least 4 members (excludes halogenated alkanes) is 34. The van der Waals surface area contributed by atoms with Crippen LogP contribution in [0.25, 0.3) is 0 Å². The first-order valence-corrected chi connectivity index (χ1v) is 33.1. The normalized spacial score (nSPS) is 13.2. The number of carboxylic acids is 1. The molecule has 0 saturated heterocycles. The predicted molar refractivity (Wildman–Crippen MR) is 334 cm³/mol. The van der Waals surface area contributed by atoms with E-state index in [2.05, 4.69) is 86.8 Å². The van der Waals surface area contributed by atoms with Crippen LogP contribution in [0.3, 0.4) is 0 Å². The van der Waals surface area contributed by atoms with Gasteiger partial charge in [-0.25, -0.2) is 0 Å². The van der Waals surface area contributed by atoms with E-state index in [-0.39, 0.29) is 32.2 Å². The fraction of sp³-hybridized carbons (Fsp3) is 0.786. The summed E-state index contributed by atoms with van der Waals surface area (Å²) in [6.07, 6.45) is 76.8. The average Bonchev–Trinajstić information content (AvgIpc) is 3.42. The summed E-state index contributed by atoms with van der Waals surface area (Å²) in [5.41, 5.74) is 0. The highest BCUT2D eigenvalue weighted by molar-refractivity contribution is 5.70. The number of carbonyl (C=O) groups excluding carboxylic acids is 3. The zero-order valence-corrected chi connectivity index (χ0v) is 52.2. The molecule has 79 heavy (non-hydrogen) atoms.